The lowest BCUT2D eigenvalue weighted by Gasteiger charge is -2.39. The smallest absolute Gasteiger partial charge is 0.407 e. The summed E-state index contributed by atoms with van der Waals surface area (Å²) in [6.07, 6.45) is 4.52. The first-order valence-corrected chi connectivity index (χ1v) is 15.9. The van der Waals surface area contributed by atoms with Gasteiger partial charge in [0.2, 0.25) is 5.82 Å². The fourth-order valence-electron chi connectivity index (χ4n) is 6.99. The SMILES string of the molecule is Cn1nc(-c2nc(-c3cccc(C(=O)N[C@H]4CCc5ccccc54)c3)cnc2N)nc1[C@@H]1CCCN(C(=O)O)C1Cc1ccccc1. The molecule has 4 N–H and O–H groups in total. The molecule has 0 radical (unpaired) electrons. The molecule has 11 heteroatoms. The number of nitrogens with one attached hydrogen (secondary N) is 1. The molecule has 1 unspecified atom stereocenters. The number of rotatable bonds is 7. The van der Waals surface area contributed by atoms with Gasteiger partial charge in [-0.3, -0.25) is 9.48 Å². The van der Waals surface area contributed by atoms with Crippen molar-refractivity contribution < 1.29 is 14.7 Å². The summed E-state index contributed by atoms with van der Waals surface area (Å²) in [6, 6.07) is 25.1. The van der Waals surface area contributed by atoms with E-state index in [4.69, 9.17) is 15.7 Å². The second-order valence-electron chi connectivity index (χ2n) is 12.2. The lowest BCUT2D eigenvalue weighted by atomic mass is 9.84. The van der Waals surface area contributed by atoms with E-state index in [1.807, 2.05) is 61.6 Å². The third kappa shape index (κ3) is 6.04. The Morgan fingerprint density at radius 1 is 1.00 bits per heavy atom. The van der Waals surface area contributed by atoms with Crippen LogP contribution < -0.4 is 11.1 Å². The molecule has 7 rings (SSSR count). The maximum Gasteiger partial charge on any atom is 0.407 e. The molecule has 0 saturated carbocycles. The Morgan fingerprint density at radius 3 is 2.64 bits per heavy atom. The average Bonchev–Trinajstić information content (AvgIpc) is 3.68. The lowest BCUT2D eigenvalue weighted by Crippen LogP contribution is -2.48. The minimum absolute atomic E-state index is 0.0197. The van der Waals surface area contributed by atoms with Crippen molar-refractivity contribution in [3.05, 3.63) is 113 Å². The van der Waals surface area contributed by atoms with Gasteiger partial charge in [0, 0.05) is 36.7 Å². The van der Waals surface area contributed by atoms with E-state index < -0.39 is 6.09 Å². The molecule has 3 aromatic carbocycles. The highest BCUT2D eigenvalue weighted by Gasteiger charge is 2.38. The number of carbonyl (C=O) groups is 2. The molecule has 2 aromatic heterocycles. The highest BCUT2D eigenvalue weighted by atomic mass is 16.4. The van der Waals surface area contributed by atoms with E-state index in [1.54, 1.807) is 23.0 Å². The molecule has 47 heavy (non-hydrogen) atoms. The zero-order chi connectivity index (χ0) is 32.5. The van der Waals surface area contributed by atoms with Gasteiger partial charge in [-0.1, -0.05) is 66.7 Å². The number of amides is 2. The second kappa shape index (κ2) is 12.7. The maximum absolute atomic E-state index is 13.3. The number of piperidine rings is 1. The number of aromatic nitrogens is 5. The van der Waals surface area contributed by atoms with Crippen LogP contribution >= 0.6 is 0 Å². The molecule has 3 atom stereocenters. The largest absolute Gasteiger partial charge is 0.465 e. The van der Waals surface area contributed by atoms with Crippen molar-refractivity contribution in [3.63, 3.8) is 0 Å². The molecule has 0 bridgehead atoms. The van der Waals surface area contributed by atoms with Crippen LogP contribution in [0.4, 0.5) is 10.6 Å². The minimum Gasteiger partial charge on any atom is -0.465 e. The van der Waals surface area contributed by atoms with Gasteiger partial charge >= 0.3 is 6.09 Å². The van der Waals surface area contributed by atoms with Crippen molar-refractivity contribution in [2.45, 2.75) is 50.1 Å². The van der Waals surface area contributed by atoms with Crippen molar-refractivity contribution >= 4 is 17.8 Å². The van der Waals surface area contributed by atoms with Gasteiger partial charge in [-0.25, -0.2) is 19.7 Å². The van der Waals surface area contributed by atoms with Crippen LogP contribution in [0, 0.1) is 0 Å². The summed E-state index contributed by atoms with van der Waals surface area (Å²) in [4.78, 5) is 41.2. The molecule has 2 amide bonds. The van der Waals surface area contributed by atoms with Gasteiger partial charge < -0.3 is 21.1 Å². The van der Waals surface area contributed by atoms with Crippen molar-refractivity contribution in [1.82, 2.24) is 34.9 Å². The van der Waals surface area contributed by atoms with Crippen LogP contribution in [0.5, 0.6) is 0 Å². The van der Waals surface area contributed by atoms with E-state index in [0.717, 1.165) is 31.2 Å². The van der Waals surface area contributed by atoms with Crippen LogP contribution in [0.3, 0.4) is 0 Å². The van der Waals surface area contributed by atoms with Gasteiger partial charge in [-0.15, -0.1) is 5.10 Å². The van der Waals surface area contributed by atoms with Crippen LogP contribution in [0.1, 0.15) is 64.1 Å². The maximum atomic E-state index is 13.3. The third-order valence-corrected chi connectivity index (χ3v) is 9.31. The standard InChI is InChI=1S/C36H36N8O3/c1-43-34(27-15-8-18-44(36(46)47)30(27)19-22-9-3-2-4-10-22)41-33(42-43)31-32(37)38-21-29(39-31)24-12-7-13-25(20-24)35(45)40-28-17-16-23-11-5-6-14-26(23)28/h2-7,9-14,20-21,27-28,30H,8,15-19H2,1H3,(H2,37,38)(H,40,45)(H,46,47)/t27-,28+,30?/m1/s1. The first-order chi connectivity index (χ1) is 22.9. The quantitative estimate of drug-likeness (QED) is 0.216. The number of hydrogen-bond donors (Lipinski definition) is 3. The number of nitrogen functional groups attached to an aromatic ring is 1. The number of hydrogen-bond acceptors (Lipinski definition) is 7. The van der Waals surface area contributed by atoms with Crippen LogP contribution in [0.2, 0.25) is 0 Å². The molecular formula is C36H36N8O3. The monoisotopic (exact) mass is 628 g/mol. The summed E-state index contributed by atoms with van der Waals surface area (Å²) in [7, 11) is 1.81. The number of likely N-dealkylation sites (tertiary alicyclic amines) is 1. The summed E-state index contributed by atoms with van der Waals surface area (Å²) in [6.45, 7) is 0.472. The number of anilines is 1. The number of carbonyl (C=O) groups excluding carboxylic acids is 1. The van der Waals surface area contributed by atoms with Gasteiger partial charge in [0.15, 0.2) is 11.5 Å². The summed E-state index contributed by atoms with van der Waals surface area (Å²) >= 11 is 0. The predicted molar refractivity (Wildman–Crippen MR) is 177 cm³/mol. The lowest BCUT2D eigenvalue weighted by molar-refractivity contribution is 0.0930. The Bertz CT molecular complexity index is 1940. The molecular weight excluding hydrogens is 592 g/mol. The Labute approximate surface area is 272 Å². The van der Waals surface area contributed by atoms with E-state index in [-0.39, 0.29) is 29.7 Å². The topological polar surface area (TPSA) is 152 Å². The van der Waals surface area contributed by atoms with Crippen LogP contribution in [-0.2, 0) is 19.9 Å². The molecule has 11 nitrogen and oxygen atoms in total. The number of aryl methyl sites for hydroxylation is 2. The molecule has 1 aliphatic heterocycles. The van der Waals surface area contributed by atoms with Gasteiger partial charge in [-0.2, -0.15) is 0 Å². The van der Waals surface area contributed by atoms with Gasteiger partial charge in [0.25, 0.3) is 5.91 Å². The van der Waals surface area contributed by atoms with Crippen LogP contribution in [0.15, 0.2) is 85.1 Å². The van der Waals surface area contributed by atoms with Gasteiger partial charge in [0.05, 0.1) is 17.9 Å². The Balaban J connectivity index is 1.16. The van der Waals surface area contributed by atoms with Crippen molar-refractivity contribution in [2.24, 2.45) is 7.05 Å². The third-order valence-electron chi connectivity index (χ3n) is 9.31. The highest BCUT2D eigenvalue weighted by Crippen LogP contribution is 2.36. The summed E-state index contributed by atoms with van der Waals surface area (Å²) in [5.41, 5.74) is 11.9. The summed E-state index contributed by atoms with van der Waals surface area (Å²) in [5.74, 6) is 0.836. The fraction of sp³-hybridized carbons (Fsp3) is 0.278. The number of nitrogens with zero attached hydrogens (tertiary/aromatic N) is 6. The highest BCUT2D eigenvalue weighted by molar-refractivity contribution is 5.95. The van der Waals surface area contributed by atoms with Gasteiger partial charge in [-0.05, 0) is 60.9 Å². The summed E-state index contributed by atoms with van der Waals surface area (Å²) in [5, 5.41) is 17.9. The van der Waals surface area contributed by atoms with Crippen molar-refractivity contribution in [1.29, 1.82) is 0 Å². The number of benzene rings is 3. The van der Waals surface area contributed by atoms with Crippen LogP contribution in [0.25, 0.3) is 22.8 Å². The minimum atomic E-state index is -0.940. The molecule has 5 aromatic rings. The molecule has 0 spiro atoms. The number of carboxylic acid groups (broad SMARTS) is 1. The zero-order valence-electron chi connectivity index (χ0n) is 26.1. The predicted octanol–water partition coefficient (Wildman–Crippen LogP) is 5.41. The first kappa shape index (κ1) is 30.1. The number of fused-ring (bicyclic) bond motifs is 1. The molecule has 3 heterocycles. The summed E-state index contributed by atoms with van der Waals surface area (Å²) < 4.78 is 1.70. The van der Waals surface area contributed by atoms with E-state index in [2.05, 4.69) is 27.5 Å². The van der Waals surface area contributed by atoms with E-state index in [0.29, 0.717) is 47.1 Å². The Kier molecular flexibility index (Phi) is 8.11. The molecule has 1 aliphatic carbocycles. The molecule has 2 aliphatic rings. The second-order valence-corrected chi connectivity index (χ2v) is 12.2. The van der Waals surface area contributed by atoms with E-state index in [1.165, 1.54) is 16.0 Å². The van der Waals surface area contributed by atoms with Crippen molar-refractivity contribution in [2.75, 3.05) is 12.3 Å². The fourth-order valence-corrected chi connectivity index (χ4v) is 6.99. The molecule has 1 fully saturated rings. The van der Waals surface area contributed by atoms with E-state index >= 15 is 0 Å². The number of nitrogens with two attached hydrogens (primary N) is 1. The molecule has 238 valence electrons. The Hall–Kier alpha value is -5.58. The van der Waals surface area contributed by atoms with Gasteiger partial charge in [0.1, 0.15) is 5.82 Å². The zero-order valence-corrected chi connectivity index (χ0v) is 26.1. The average molecular weight is 629 g/mol. The van der Waals surface area contributed by atoms with E-state index in [9.17, 15) is 14.7 Å². The van der Waals surface area contributed by atoms with Crippen molar-refractivity contribution in [3.8, 4) is 22.8 Å². The normalized spacial score (nSPS) is 18.9. The van der Waals surface area contributed by atoms with Crippen LogP contribution in [-0.4, -0.2) is 59.3 Å². The molecule has 1 saturated heterocycles. The Morgan fingerprint density at radius 2 is 1.81 bits per heavy atom. The first-order valence-electron chi connectivity index (χ1n) is 15.9.